The van der Waals surface area contributed by atoms with Crippen molar-refractivity contribution in [3.05, 3.63) is 29.0 Å². The second-order valence-corrected chi connectivity index (χ2v) is 5.15. The quantitative estimate of drug-likeness (QED) is 0.747. The van der Waals surface area contributed by atoms with Gasteiger partial charge in [-0.05, 0) is 18.2 Å². The van der Waals surface area contributed by atoms with Crippen LogP contribution in [-0.4, -0.2) is 24.9 Å². The summed E-state index contributed by atoms with van der Waals surface area (Å²) in [6, 6.07) is 4.25. The van der Waals surface area contributed by atoms with E-state index >= 15 is 0 Å². The van der Waals surface area contributed by atoms with E-state index < -0.39 is 12.0 Å². The minimum Gasteiger partial charge on any atom is -0.506 e. The molecule has 10 heteroatoms. The molecule has 0 aliphatic rings. The highest BCUT2D eigenvalue weighted by atomic mass is 35.5. The summed E-state index contributed by atoms with van der Waals surface area (Å²) in [5.74, 6) is -1.30. The van der Waals surface area contributed by atoms with Crippen molar-refractivity contribution in [3.63, 3.8) is 0 Å². The van der Waals surface area contributed by atoms with Crippen LogP contribution in [0.2, 0.25) is 5.02 Å². The number of fused-ring (bicyclic) bond motifs is 1. The van der Waals surface area contributed by atoms with Gasteiger partial charge in [0.15, 0.2) is 0 Å². The first kappa shape index (κ1) is 13.1. The number of benzene rings is 1. The number of phenolic OH excluding ortho intramolecular Hbond substituents is 1. The van der Waals surface area contributed by atoms with Crippen LogP contribution in [0.1, 0.15) is 5.82 Å². The molecule has 3 aromatic rings. The second-order valence-electron chi connectivity index (χ2n) is 3.79. The molecule has 20 heavy (non-hydrogen) atoms. The fourth-order valence-corrected chi connectivity index (χ4v) is 2.57. The van der Waals surface area contributed by atoms with Gasteiger partial charge in [-0.25, -0.2) is 0 Å². The lowest BCUT2D eigenvalue weighted by Crippen LogP contribution is -2.11. The van der Waals surface area contributed by atoms with Crippen molar-refractivity contribution in [2.75, 3.05) is 0 Å². The summed E-state index contributed by atoms with van der Waals surface area (Å²) < 4.78 is 38.6. The van der Waals surface area contributed by atoms with Crippen LogP contribution >= 0.6 is 22.9 Å². The van der Waals surface area contributed by atoms with Crippen molar-refractivity contribution in [3.8, 4) is 16.3 Å². The Morgan fingerprint density at radius 2 is 2.00 bits per heavy atom. The van der Waals surface area contributed by atoms with Gasteiger partial charge in [-0.15, -0.1) is 10.2 Å². The lowest BCUT2D eigenvalue weighted by Gasteiger charge is -2.01. The van der Waals surface area contributed by atoms with E-state index in [1.54, 1.807) is 0 Å². The zero-order valence-corrected chi connectivity index (χ0v) is 11.0. The summed E-state index contributed by atoms with van der Waals surface area (Å²) in [6.45, 7) is 0. The summed E-state index contributed by atoms with van der Waals surface area (Å²) in [5, 5.41) is 20.0. The Labute approximate surface area is 118 Å². The molecule has 0 aliphatic heterocycles. The molecule has 3 rings (SSSR count). The van der Waals surface area contributed by atoms with Crippen molar-refractivity contribution < 1.29 is 18.3 Å². The Bertz CT molecular complexity index is 797. The summed E-state index contributed by atoms with van der Waals surface area (Å²) in [7, 11) is 0. The monoisotopic (exact) mass is 320 g/mol. The fraction of sp³-hybridized carbons (Fsp3) is 0.100. The number of aromatic hydroxyl groups is 1. The van der Waals surface area contributed by atoms with Gasteiger partial charge in [-0.1, -0.05) is 22.9 Å². The second kappa shape index (κ2) is 4.32. The van der Waals surface area contributed by atoms with Crippen molar-refractivity contribution in [1.29, 1.82) is 0 Å². The van der Waals surface area contributed by atoms with Crippen LogP contribution in [0.5, 0.6) is 5.75 Å². The third-order valence-electron chi connectivity index (χ3n) is 2.44. The smallest absolute Gasteiger partial charge is 0.453 e. The molecule has 2 aromatic heterocycles. The first-order valence-corrected chi connectivity index (χ1v) is 6.34. The average Bonchev–Trinajstić information content (AvgIpc) is 2.90. The molecule has 0 atom stereocenters. The van der Waals surface area contributed by atoms with E-state index in [0.717, 1.165) is 11.3 Å². The Morgan fingerprint density at radius 3 is 2.65 bits per heavy atom. The number of hydrogen-bond donors (Lipinski definition) is 1. The van der Waals surface area contributed by atoms with Crippen LogP contribution < -0.4 is 0 Å². The molecule has 1 N–H and O–H groups in total. The molecule has 0 aliphatic carbocycles. The number of aromatic nitrogens is 4. The SMILES string of the molecule is Oc1ccc(-c2nn3c(C(F)(F)F)nnc3s2)cc1Cl. The predicted octanol–water partition coefficient (Wildman–Crippen LogP) is 3.23. The molecule has 1 aromatic carbocycles. The van der Waals surface area contributed by atoms with Crippen LogP contribution in [0, 0.1) is 0 Å². The molecule has 0 saturated heterocycles. The maximum Gasteiger partial charge on any atom is 0.453 e. The van der Waals surface area contributed by atoms with E-state index in [2.05, 4.69) is 15.3 Å². The van der Waals surface area contributed by atoms with Gasteiger partial charge in [0.2, 0.25) is 4.96 Å². The van der Waals surface area contributed by atoms with E-state index in [9.17, 15) is 18.3 Å². The van der Waals surface area contributed by atoms with Gasteiger partial charge in [0.05, 0.1) is 5.02 Å². The standard InChI is InChI=1S/C10H4ClF3N4OS/c11-5-3-4(1-2-6(5)19)7-17-18-8(10(12,13)14)15-16-9(18)20-7/h1-3,19H. The Kier molecular flexibility index (Phi) is 2.83. The molecule has 0 spiro atoms. The van der Waals surface area contributed by atoms with Crippen molar-refractivity contribution >= 4 is 27.9 Å². The molecular formula is C10H4ClF3N4OS. The molecule has 0 radical (unpaired) electrons. The summed E-state index contributed by atoms with van der Waals surface area (Å²) >= 11 is 6.69. The molecule has 104 valence electrons. The highest BCUT2D eigenvalue weighted by Gasteiger charge is 2.38. The van der Waals surface area contributed by atoms with E-state index in [0.29, 0.717) is 15.1 Å². The molecule has 0 unspecified atom stereocenters. The Hall–Kier alpha value is -1.87. The molecule has 0 fully saturated rings. The van der Waals surface area contributed by atoms with Crippen LogP contribution in [0.3, 0.4) is 0 Å². The lowest BCUT2D eigenvalue weighted by atomic mass is 10.2. The fourth-order valence-electron chi connectivity index (χ4n) is 1.55. The average molecular weight is 321 g/mol. The molecule has 0 saturated carbocycles. The maximum atomic E-state index is 12.7. The first-order valence-electron chi connectivity index (χ1n) is 5.14. The zero-order chi connectivity index (χ0) is 14.5. The Balaban J connectivity index is 2.14. The number of rotatable bonds is 1. The third kappa shape index (κ3) is 2.08. The number of hydrogen-bond acceptors (Lipinski definition) is 5. The number of alkyl halides is 3. The maximum absolute atomic E-state index is 12.7. The van der Waals surface area contributed by atoms with E-state index in [1.807, 2.05) is 0 Å². The zero-order valence-electron chi connectivity index (χ0n) is 9.39. The van der Waals surface area contributed by atoms with Crippen molar-refractivity contribution in [1.82, 2.24) is 19.8 Å². The van der Waals surface area contributed by atoms with E-state index in [4.69, 9.17) is 11.6 Å². The van der Waals surface area contributed by atoms with Gasteiger partial charge >= 0.3 is 6.18 Å². The lowest BCUT2D eigenvalue weighted by molar-refractivity contribution is -0.146. The molecule has 0 bridgehead atoms. The summed E-state index contributed by atoms with van der Waals surface area (Å²) in [4.78, 5) is 0.0246. The molecule has 0 amide bonds. The number of halogens is 4. The van der Waals surface area contributed by atoms with Gasteiger partial charge in [0.25, 0.3) is 5.82 Å². The van der Waals surface area contributed by atoms with Crippen molar-refractivity contribution in [2.24, 2.45) is 0 Å². The number of phenols is 1. The highest BCUT2D eigenvalue weighted by molar-refractivity contribution is 7.19. The van der Waals surface area contributed by atoms with Crippen LogP contribution in [0.4, 0.5) is 13.2 Å². The predicted molar refractivity (Wildman–Crippen MR) is 65.8 cm³/mol. The topological polar surface area (TPSA) is 63.3 Å². The number of nitrogens with zero attached hydrogens (tertiary/aromatic N) is 4. The third-order valence-corrected chi connectivity index (χ3v) is 3.69. The van der Waals surface area contributed by atoms with Crippen molar-refractivity contribution in [2.45, 2.75) is 6.18 Å². The minimum atomic E-state index is -4.63. The van der Waals surface area contributed by atoms with E-state index in [-0.39, 0.29) is 15.7 Å². The first-order chi connectivity index (χ1) is 9.36. The molecule has 2 heterocycles. The van der Waals surface area contributed by atoms with E-state index in [1.165, 1.54) is 18.2 Å². The van der Waals surface area contributed by atoms with Gasteiger partial charge in [0, 0.05) is 5.56 Å². The van der Waals surface area contributed by atoms with Crippen LogP contribution in [0.15, 0.2) is 18.2 Å². The summed E-state index contributed by atoms with van der Waals surface area (Å²) in [6.07, 6.45) is -4.63. The largest absolute Gasteiger partial charge is 0.506 e. The highest BCUT2D eigenvalue weighted by Crippen LogP contribution is 2.34. The minimum absolute atomic E-state index is 0.0246. The van der Waals surface area contributed by atoms with Gasteiger partial charge in [-0.2, -0.15) is 22.8 Å². The molecular weight excluding hydrogens is 317 g/mol. The summed E-state index contributed by atoms with van der Waals surface area (Å²) in [5.41, 5.74) is 0.483. The normalized spacial score (nSPS) is 12.2. The van der Waals surface area contributed by atoms with Gasteiger partial charge < -0.3 is 5.11 Å². The molecule has 5 nitrogen and oxygen atoms in total. The van der Waals surface area contributed by atoms with Crippen LogP contribution in [-0.2, 0) is 6.18 Å². The Morgan fingerprint density at radius 1 is 1.25 bits per heavy atom. The van der Waals surface area contributed by atoms with Crippen LogP contribution in [0.25, 0.3) is 15.5 Å². The van der Waals surface area contributed by atoms with Gasteiger partial charge in [-0.3, -0.25) is 0 Å². The van der Waals surface area contributed by atoms with Gasteiger partial charge in [0.1, 0.15) is 10.8 Å².